The quantitative estimate of drug-likeness (QED) is 0.643. The lowest BCUT2D eigenvalue weighted by Crippen LogP contribution is -2.15. The average Bonchev–Trinajstić information content (AvgIpc) is 2.66. The molecule has 0 bridgehead atoms. The highest BCUT2D eigenvalue weighted by atomic mass is 16.5. The number of hydrogen-bond acceptors (Lipinski definition) is 6. The van der Waals surface area contributed by atoms with E-state index in [4.69, 9.17) is 4.74 Å². The number of nitrogens with one attached hydrogen (secondary N) is 1. The average molecular weight is 341 g/mol. The molecule has 2 rings (SSSR count). The number of methoxy groups -OCH3 is 3. The van der Waals surface area contributed by atoms with E-state index in [0.29, 0.717) is 5.69 Å². The van der Waals surface area contributed by atoms with E-state index in [0.717, 1.165) is 23.0 Å². The van der Waals surface area contributed by atoms with Gasteiger partial charge in [-0.2, -0.15) is 0 Å². The van der Waals surface area contributed by atoms with Crippen molar-refractivity contribution in [3.63, 3.8) is 0 Å². The van der Waals surface area contributed by atoms with E-state index in [1.807, 2.05) is 42.5 Å². The molecule has 0 spiro atoms. The second-order valence-electron chi connectivity index (χ2n) is 5.01. The van der Waals surface area contributed by atoms with Gasteiger partial charge in [0.1, 0.15) is 11.4 Å². The molecule has 0 radical (unpaired) electrons. The first kappa shape index (κ1) is 18.1. The van der Waals surface area contributed by atoms with Crippen LogP contribution >= 0.6 is 0 Å². The van der Waals surface area contributed by atoms with E-state index >= 15 is 0 Å². The molecule has 0 saturated heterocycles. The van der Waals surface area contributed by atoms with Gasteiger partial charge in [0.2, 0.25) is 0 Å². The smallest absolute Gasteiger partial charge is 0.354 e. The van der Waals surface area contributed by atoms with Crippen LogP contribution in [0.3, 0.4) is 0 Å². The molecule has 2 aromatic carbocycles. The van der Waals surface area contributed by atoms with Crippen molar-refractivity contribution < 1.29 is 23.8 Å². The number of anilines is 1. The largest absolute Gasteiger partial charge is 0.497 e. The summed E-state index contributed by atoms with van der Waals surface area (Å²) in [5.74, 6) is -0.578. The molecule has 6 nitrogen and oxygen atoms in total. The first-order valence-corrected chi connectivity index (χ1v) is 7.47. The molecule has 0 aromatic heterocycles. The molecular weight excluding hydrogens is 322 g/mol. The summed E-state index contributed by atoms with van der Waals surface area (Å²) in [5.41, 5.74) is 2.49. The number of carbonyl (C=O) groups is 2. The summed E-state index contributed by atoms with van der Waals surface area (Å²) >= 11 is 0. The zero-order chi connectivity index (χ0) is 18.2. The number of rotatable bonds is 6. The molecule has 0 atom stereocenters. The van der Waals surface area contributed by atoms with E-state index in [1.165, 1.54) is 14.2 Å². The third-order valence-electron chi connectivity index (χ3n) is 3.41. The van der Waals surface area contributed by atoms with E-state index in [2.05, 4.69) is 14.8 Å². The van der Waals surface area contributed by atoms with Crippen molar-refractivity contribution >= 4 is 17.6 Å². The van der Waals surface area contributed by atoms with Gasteiger partial charge < -0.3 is 19.5 Å². The van der Waals surface area contributed by atoms with Crippen LogP contribution in [-0.2, 0) is 19.1 Å². The Morgan fingerprint density at radius 3 is 2.24 bits per heavy atom. The van der Waals surface area contributed by atoms with Gasteiger partial charge in [-0.3, -0.25) is 0 Å². The fraction of sp³-hybridized carbons (Fsp3) is 0.158. The SMILES string of the molecule is COC(=O)/C=C(/Nc1cccc(-c2cccc(OC)c2)c1)C(=O)OC. The van der Waals surface area contributed by atoms with Crippen molar-refractivity contribution in [2.75, 3.05) is 26.6 Å². The predicted octanol–water partition coefficient (Wildman–Crippen LogP) is 3.00. The third-order valence-corrected chi connectivity index (χ3v) is 3.41. The first-order valence-electron chi connectivity index (χ1n) is 7.47. The summed E-state index contributed by atoms with van der Waals surface area (Å²) in [5, 5.41) is 2.89. The monoisotopic (exact) mass is 341 g/mol. The Morgan fingerprint density at radius 1 is 0.920 bits per heavy atom. The molecule has 0 aliphatic carbocycles. The number of carbonyl (C=O) groups excluding carboxylic acids is 2. The summed E-state index contributed by atoms with van der Waals surface area (Å²) in [6.45, 7) is 0. The lowest BCUT2D eigenvalue weighted by atomic mass is 10.0. The number of esters is 2. The summed E-state index contributed by atoms with van der Waals surface area (Å²) < 4.78 is 14.5. The van der Waals surface area contributed by atoms with Crippen molar-refractivity contribution in [3.8, 4) is 16.9 Å². The highest BCUT2D eigenvalue weighted by molar-refractivity contribution is 5.98. The second kappa shape index (κ2) is 8.54. The lowest BCUT2D eigenvalue weighted by molar-refractivity contribution is -0.138. The number of ether oxygens (including phenoxy) is 3. The summed E-state index contributed by atoms with van der Waals surface area (Å²) in [4.78, 5) is 23.3. The van der Waals surface area contributed by atoms with Crippen molar-refractivity contribution in [1.29, 1.82) is 0 Å². The van der Waals surface area contributed by atoms with Gasteiger partial charge >= 0.3 is 11.9 Å². The molecule has 0 aliphatic heterocycles. The van der Waals surface area contributed by atoms with Crippen LogP contribution in [0, 0.1) is 0 Å². The van der Waals surface area contributed by atoms with E-state index in [-0.39, 0.29) is 5.70 Å². The van der Waals surface area contributed by atoms with E-state index in [1.54, 1.807) is 13.2 Å². The topological polar surface area (TPSA) is 73.9 Å². The van der Waals surface area contributed by atoms with Gasteiger partial charge in [0.05, 0.1) is 27.4 Å². The molecule has 1 N–H and O–H groups in total. The van der Waals surface area contributed by atoms with Gasteiger partial charge in [-0.15, -0.1) is 0 Å². The minimum absolute atomic E-state index is 0.0165. The van der Waals surface area contributed by atoms with Crippen LogP contribution in [0.15, 0.2) is 60.3 Å². The maximum Gasteiger partial charge on any atom is 0.354 e. The van der Waals surface area contributed by atoms with Gasteiger partial charge in [0, 0.05) is 5.69 Å². The molecule has 25 heavy (non-hydrogen) atoms. The Kier molecular flexibility index (Phi) is 6.17. The molecule has 0 heterocycles. The summed E-state index contributed by atoms with van der Waals surface area (Å²) in [6.07, 6.45) is 1.05. The highest BCUT2D eigenvalue weighted by Gasteiger charge is 2.13. The molecule has 0 amide bonds. The number of benzene rings is 2. The highest BCUT2D eigenvalue weighted by Crippen LogP contribution is 2.26. The zero-order valence-electron chi connectivity index (χ0n) is 14.2. The standard InChI is InChI=1S/C19H19NO5/c1-23-16-9-5-7-14(11-16)13-6-4-8-15(10-13)20-17(19(22)25-3)12-18(21)24-2/h4-12,20H,1-3H3/b17-12+. The normalized spacial score (nSPS) is 10.8. The van der Waals surface area contributed by atoms with Crippen molar-refractivity contribution in [2.45, 2.75) is 0 Å². The molecule has 0 fully saturated rings. The maximum atomic E-state index is 11.8. The van der Waals surface area contributed by atoms with Crippen LogP contribution in [0.25, 0.3) is 11.1 Å². The fourth-order valence-corrected chi connectivity index (χ4v) is 2.17. The minimum Gasteiger partial charge on any atom is -0.497 e. The molecule has 0 saturated carbocycles. The van der Waals surface area contributed by atoms with E-state index in [9.17, 15) is 9.59 Å². The number of hydrogen-bond donors (Lipinski definition) is 1. The fourth-order valence-electron chi connectivity index (χ4n) is 2.17. The Morgan fingerprint density at radius 2 is 1.60 bits per heavy atom. The lowest BCUT2D eigenvalue weighted by Gasteiger charge is -2.11. The van der Waals surface area contributed by atoms with Gasteiger partial charge in [-0.05, 0) is 35.4 Å². The molecule has 2 aromatic rings. The van der Waals surface area contributed by atoms with Crippen molar-refractivity contribution in [3.05, 3.63) is 60.3 Å². The molecule has 0 unspecified atom stereocenters. The molecule has 6 heteroatoms. The van der Waals surface area contributed by atoms with Crippen LogP contribution in [0.4, 0.5) is 5.69 Å². The summed E-state index contributed by atoms with van der Waals surface area (Å²) in [6, 6.07) is 15.0. The van der Waals surface area contributed by atoms with Crippen LogP contribution in [0.1, 0.15) is 0 Å². The van der Waals surface area contributed by atoms with Gasteiger partial charge in [-0.25, -0.2) is 9.59 Å². The molecular formula is C19H19NO5. The Hall–Kier alpha value is -3.28. The van der Waals surface area contributed by atoms with E-state index < -0.39 is 11.9 Å². The van der Waals surface area contributed by atoms with Gasteiger partial charge in [0.15, 0.2) is 0 Å². The Balaban J connectivity index is 2.32. The van der Waals surface area contributed by atoms with Crippen LogP contribution in [0.2, 0.25) is 0 Å². The van der Waals surface area contributed by atoms with Crippen molar-refractivity contribution in [2.24, 2.45) is 0 Å². The molecule has 130 valence electrons. The van der Waals surface area contributed by atoms with Crippen LogP contribution < -0.4 is 10.1 Å². The molecule has 0 aliphatic rings. The van der Waals surface area contributed by atoms with Gasteiger partial charge in [-0.1, -0.05) is 24.3 Å². The van der Waals surface area contributed by atoms with Crippen molar-refractivity contribution in [1.82, 2.24) is 0 Å². The maximum absolute atomic E-state index is 11.8. The summed E-state index contributed by atoms with van der Waals surface area (Å²) in [7, 11) is 4.08. The van der Waals surface area contributed by atoms with Gasteiger partial charge in [0.25, 0.3) is 0 Å². The Bertz CT molecular complexity index is 798. The third kappa shape index (κ3) is 4.84. The Labute approximate surface area is 146 Å². The predicted molar refractivity (Wildman–Crippen MR) is 94.2 cm³/mol. The van der Waals surface area contributed by atoms with Crippen LogP contribution in [-0.4, -0.2) is 33.3 Å². The first-order chi connectivity index (χ1) is 12.1. The second-order valence-corrected chi connectivity index (χ2v) is 5.01. The van der Waals surface area contributed by atoms with Crippen LogP contribution in [0.5, 0.6) is 5.75 Å². The zero-order valence-corrected chi connectivity index (χ0v) is 14.2. The minimum atomic E-state index is -0.669.